The summed E-state index contributed by atoms with van der Waals surface area (Å²) in [6.45, 7) is 0. The van der Waals surface area contributed by atoms with Crippen molar-refractivity contribution in [1.29, 1.82) is 0 Å². The average molecular weight is 576 g/mol. The van der Waals surface area contributed by atoms with Crippen LogP contribution in [0.5, 0.6) is 0 Å². The van der Waals surface area contributed by atoms with Gasteiger partial charge in [-0.05, 0) is 70.8 Å². The van der Waals surface area contributed by atoms with E-state index in [1.165, 1.54) is 21.9 Å². The van der Waals surface area contributed by atoms with E-state index in [0.29, 0.717) is 0 Å². The molecule has 0 fully saturated rings. The number of rotatable bonds is 3. The zero-order valence-corrected chi connectivity index (χ0v) is 24.2. The fourth-order valence-corrected chi connectivity index (χ4v) is 7.17. The van der Waals surface area contributed by atoms with Crippen LogP contribution in [-0.4, -0.2) is 4.57 Å². The molecule has 0 aliphatic rings. The minimum absolute atomic E-state index is 0.888. The first-order valence-electron chi connectivity index (χ1n) is 15.3. The Kier molecular flexibility index (Phi) is 5.00. The van der Waals surface area contributed by atoms with Gasteiger partial charge in [-0.1, -0.05) is 103 Å². The lowest BCUT2D eigenvalue weighted by Gasteiger charge is -2.15. The topological polar surface area (TPSA) is 31.2 Å². The van der Waals surface area contributed by atoms with Crippen LogP contribution >= 0.6 is 0 Å². The predicted molar refractivity (Wildman–Crippen MR) is 186 cm³/mol. The fraction of sp³-hybridized carbons (Fsp3) is 0. The van der Waals surface area contributed by atoms with Crippen LogP contribution in [0.1, 0.15) is 0 Å². The summed E-state index contributed by atoms with van der Waals surface area (Å²) in [5, 5.41) is 6.89. The molecule has 0 atom stereocenters. The molecule has 3 aromatic heterocycles. The number of benzene rings is 7. The normalized spacial score (nSPS) is 12.0. The summed E-state index contributed by atoms with van der Waals surface area (Å²) in [5.41, 5.74) is 11.5. The van der Waals surface area contributed by atoms with Crippen LogP contribution in [0.3, 0.4) is 0 Å². The minimum atomic E-state index is 0.888. The average Bonchev–Trinajstić information content (AvgIpc) is 3.77. The molecule has 0 unspecified atom stereocenters. The third-order valence-corrected chi connectivity index (χ3v) is 9.22. The van der Waals surface area contributed by atoms with E-state index in [9.17, 15) is 0 Å². The van der Waals surface area contributed by atoms with Gasteiger partial charge in [-0.2, -0.15) is 0 Å². The van der Waals surface area contributed by atoms with Crippen LogP contribution in [0.15, 0.2) is 160 Å². The van der Waals surface area contributed by atoms with Gasteiger partial charge in [-0.15, -0.1) is 0 Å². The van der Waals surface area contributed by atoms with Gasteiger partial charge in [0.25, 0.3) is 0 Å². The van der Waals surface area contributed by atoms with E-state index >= 15 is 0 Å². The monoisotopic (exact) mass is 575 g/mol. The quantitative estimate of drug-likeness (QED) is 0.210. The Morgan fingerprint density at radius 3 is 1.87 bits per heavy atom. The molecule has 7 aromatic carbocycles. The first-order chi connectivity index (χ1) is 22.3. The second kappa shape index (κ2) is 9.22. The summed E-state index contributed by atoms with van der Waals surface area (Å²) in [7, 11) is 0. The standard InChI is InChI=1S/C42H25NO2/c1-2-10-26(11-3-1)29-21-19-28(25-36(29)27-18-20-33-31-13-5-8-16-38(31)44-40(33)24-27)43-37-15-7-4-12-30(37)34-22-23-35-32-14-6-9-17-39(32)45-42(35)41(34)43/h1-25H. The van der Waals surface area contributed by atoms with Gasteiger partial charge in [-0.3, -0.25) is 0 Å². The van der Waals surface area contributed by atoms with Crippen molar-refractivity contribution in [1.82, 2.24) is 4.57 Å². The molecule has 0 saturated heterocycles. The van der Waals surface area contributed by atoms with E-state index in [1.807, 2.05) is 18.2 Å². The van der Waals surface area contributed by atoms with Gasteiger partial charge >= 0.3 is 0 Å². The van der Waals surface area contributed by atoms with Crippen LogP contribution in [0.2, 0.25) is 0 Å². The molecule has 3 nitrogen and oxygen atoms in total. The zero-order chi connectivity index (χ0) is 29.5. The summed E-state index contributed by atoms with van der Waals surface area (Å²) in [5.74, 6) is 0. The van der Waals surface area contributed by atoms with Gasteiger partial charge < -0.3 is 13.4 Å². The number of nitrogens with zero attached hydrogens (tertiary/aromatic N) is 1. The van der Waals surface area contributed by atoms with Gasteiger partial charge in [0.15, 0.2) is 5.58 Å². The fourth-order valence-electron chi connectivity index (χ4n) is 7.17. The molecule has 0 amide bonds. The van der Waals surface area contributed by atoms with Gasteiger partial charge in [0, 0.05) is 38.0 Å². The van der Waals surface area contributed by atoms with Crippen molar-refractivity contribution in [2.24, 2.45) is 0 Å². The first kappa shape index (κ1) is 24.4. The summed E-state index contributed by atoms with van der Waals surface area (Å²) in [6.07, 6.45) is 0. The summed E-state index contributed by atoms with van der Waals surface area (Å²) in [6, 6.07) is 53.6. The third kappa shape index (κ3) is 3.52. The lowest BCUT2D eigenvalue weighted by atomic mass is 9.93. The Bertz CT molecular complexity index is 2760. The minimum Gasteiger partial charge on any atom is -0.456 e. The highest BCUT2D eigenvalue weighted by Crippen LogP contribution is 2.42. The Labute approximate surface area is 258 Å². The molecule has 0 aliphatic heterocycles. The number of para-hydroxylation sites is 3. The van der Waals surface area contributed by atoms with E-state index in [2.05, 4.69) is 138 Å². The van der Waals surface area contributed by atoms with Crippen molar-refractivity contribution in [2.45, 2.75) is 0 Å². The molecule has 10 aromatic rings. The molecule has 45 heavy (non-hydrogen) atoms. The molecule has 210 valence electrons. The van der Waals surface area contributed by atoms with Crippen molar-refractivity contribution in [3.05, 3.63) is 152 Å². The molecule has 0 N–H and O–H groups in total. The Hall–Kier alpha value is -6.06. The molecule has 0 saturated carbocycles. The highest BCUT2D eigenvalue weighted by molar-refractivity contribution is 6.21. The van der Waals surface area contributed by atoms with E-state index in [4.69, 9.17) is 8.83 Å². The summed E-state index contributed by atoms with van der Waals surface area (Å²) in [4.78, 5) is 0. The highest BCUT2D eigenvalue weighted by Gasteiger charge is 2.20. The Morgan fingerprint density at radius 2 is 1.02 bits per heavy atom. The molecular weight excluding hydrogens is 550 g/mol. The Morgan fingerprint density at radius 1 is 0.378 bits per heavy atom. The number of furan rings is 2. The number of hydrogen-bond donors (Lipinski definition) is 0. The van der Waals surface area contributed by atoms with Crippen LogP contribution in [-0.2, 0) is 0 Å². The molecule has 0 radical (unpaired) electrons. The maximum Gasteiger partial charge on any atom is 0.160 e. The molecule has 0 spiro atoms. The van der Waals surface area contributed by atoms with Gasteiger partial charge in [0.1, 0.15) is 16.7 Å². The van der Waals surface area contributed by atoms with Crippen LogP contribution in [0.4, 0.5) is 0 Å². The molecule has 3 heterocycles. The first-order valence-corrected chi connectivity index (χ1v) is 15.3. The van der Waals surface area contributed by atoms with Crippen molar-refractivity contribution in [3.8, 4) is 27.9 Å². The lowest BCUT2D eigenvalue weighted by Crippen LogP contribution is -1.96. The maximum atomic E-state index is 6.61. The van der Waals surface area contributed by atoms with Gasteiger partial charge in [0.2, 0.25) is 0 Å². The van der Waals surface area contributed by atoms with Crippen LogP contribution in [0.25, 0.3) is 93.6 Å². The van der Waals surface area contributed by atoms with Crippen molar-refractivity contribution < 1.29 is 8.83 Å². The van der Waals surface area contributed by atoms with Crippen molar-refractivity contribution >= 4 is 65.7 Å². The van der Waals surface area contributed by atoms with Crippen molar-refractivity contribution in [2.75, 3.05) is 0 Å². The lowest BCUT2D eigenvalue weighted by molar-refractivity contribution is 0.669. The largest absolute Gasteiger partial charge is 0.456 e. The van der Waals surface area contributed by atoms with E-state index in [1.54, 1.807) is 0 Å². The number of aromatic nitrogens is 1. The molecule has 3 heteroatoms. The van der Waals surface area contributed by atoms with Gasteiger partial charge in [-0.25, -0.2) is 0 Å². The van der Waals surface area contributed by atoms with E-state index < -0.39 is 0 Å². The SMILES string of the molecule is c1ccc(-c2ccc(-n3c4ccccc4c4ccc5c6ccccc6oc5c43)cc2-c2ccc3c(c2)oc2ccccc23)cc1. The van der Waals surface area contributed by atoms with Gasteiger partial charge in [0.05, 0.1) is 11.0 Å². The zero-order valence-electron chi connectivity index (χ0n) is 24.2. The molecular formula is C42H25NO2. The summed E-state index contributed by atoms with van der Waals surface area (Å²) < 4.78 is 15.3. The van der Waals surface area contributed by atoms with E-state index in [-0.39, 0.29) is 0 Å². The maximum absolute atomic E-state index is 6.61. The molecule has 10 rings (SSSR count). The second-order valence-corrected chi connectivity index (χ2v) is 11.7. The number of fused-ring (bicyclic) bond motifs is 10. The smallest absolute Gasteiger partial charge is 0.160 e. The molecule has 0 bridgehead atoms. The number of hydrogen-bond acceptors (Lipinski definition) is 2. The van der Waals surface area contributed by atoms with Crippen LogP contribution in [0, 0.1) is 0 Å². The van der Waals surface area contributed by atoms with E-state index in [0.717, 1.165) is 71.7 Å². The highest BCUT2D eigenvalue weighted by atomic mass is 16.3. The second-order valence-electron chi connectivity index (χ2n) is 11.7. The van der Waals surface area contributed by atoms with Crippen LogP contribution < -0.4 is 0 Å². The van der Waals surface area contributed by atoms with Crippen molar-refractivity contribution in [3.63, 3.8) is 0 Å². The third-order valence-electron chi connectivity index (χ3n) is 9.22. The summed E-state index contributed by atoms with van der Waals surface area (Å²) >= 11 is 0. The Balaban J connectivity index is 1.29. The predicted octanol–water partition coefficient (Wildman–Crippen LogP) is 11.9. The molecule has 0 aliphatic carbocycles.